The number of hydrogen-bond acceptors (Lipinski definition) is 2. The lowest BCUT2D eigenvalue weighted by atomic mass is 9.89. The van der Waals surface area contributed by atoms with Gasteiger partial charge in [0.05, 0.1) is 6.10 Å². The number of aliphatic hydroxyl groups is 1. The highest BCUT2D eigenvalue weighted by atomic mass is 16.3. The Kier molecular flexibility index (Phi) is 3.82. The molecule has 2 rings (SSSR count). The van der Waals surface area contributed by atoms with Gasteiger partial charge in [0.1, 0.15) is 0 Å². The summed E-state index contributed by atoms with van der Waals surface area (Å²) in [6, 6.07) is 1.09. The highest BCUT2D eigenvalue weighted by Crippen LogP contribution is 2.23. The van der Waals surface area contributed by atoms with Gasteiger partial charge in [-0.3, -0.25) is 0 Å². The molecule has 2 aliphatic rings. The van der Waals surface area contributed by atoms with Gasteiger partial charge < -0.3 is 10.4 Å². The highest BCUT2D eigenvalue weighted by molar-refractivity contribution is 4.84. The molecule has 0 saturated heterocycles. The van der Waals surface area contributed by atoms with E-state index in [1.54, 1.807) is 0 Å². The van der Waals surface area contributed by atoms with Gasteiger partial charge in [-0.15, -0.1) is 0 Å². The molecule has 2 fully saturated rings. The van der Waals surface area contributed by atoms with E-state index in [2.05, 4.69) is 5.32 Å². The van der Waals surface area contributed by atoms with E-state index in [4.69, 9.17) is 0 Å². The quantitative estimate of drug-likeness (QED) is 0.711. The van der Waals surface area contributed by atoms with E-state index in [-0.39, 0.29) is 6.10 Å². The van der Waals surface area contributed by atoms with Crippen LogP contribution < -0.4 is 5.32 Å². The maximum atomic E-state index is 9.84. The molecule has 0 aromatic rings. The van der Waals surface area contributed by atoms with Crippen molar-refractivity contribution < 1.29 is 5.11 Å². The summed E-state index contributed by atoms with van der Waals surface area (Å²) >= 11 is 0. The SMILES string of the molecule is OC1CCCCC1NC1CCCCC1. The molecule has 0 radical (unpaired) electrons. The lowest BCUT2D eigenvalue weighted by Gasteiger charge is -2.33. The standard InChI is InChI=1S/C12H23NO/c14-12-9-5-4-8-11(12)13-10-6-2-1-3-7-10/h10-14H,1-9H2. The van der Waals surface area contributed by atoms with Crippen LogP contribution in [0.4, 0.5) is 0 Å². The minimum Gasteiger partial charge on any atom is -0.392 e. The Bertz CT molecular complexity index is 166. The van der Waals surface area contributed by atoms with Crippen LogP contribution in [0.1, 0.15) is 57.8 Å². The molecule has 0 amide bonds. The van der Waals surface area contributed by atoms with Crippen molar-refractivity contribution in [1.82, 2.24) is 5.32 Å². The van der Waals surface area contributed by atoms with Crippen molar-refractivity contribution in [3.8, 4) is 0 Å². The molecule has 0 bridgehead atoms. The minimum absolute atomic E-state index is 0.0781. The first-order valence-corrected chi connectivity index (χ1v) is 6.30. The smallest absolute Gasteiger partial charge is 0.0693 e. The molecular weight excluding hydrogens is 174 g/mol. The van der Waals surface area contributed by atoms with Gasteiger partial charge in [-0.1, -0.05) is 32.1 Å². The van der Waals surface area contributed by atoms with Crippen molar-refractivity contribution in [2.45, 2.75) is 76.0 Å². The van der Waals surface area contributed by atoms with Crippen LogP contribution in [0, 0.1) is 0 Å². The number of nitrogens with one attached hydrogen (secondary N) is 1. The summed E-state index contributed by atoms with van der Waals surface area (Å²) < 4.78 is 0. The number of hydrogen-bond donors (Lipinski definition) is 2. The monoisotopic (exact) mass is 197 g/mol. The predicted molar refractivity (Wildman–Crippen MR) is 58.3 cm³/mol. The van der Waals surface area contributed by atoms with E-state index in [9.17, 15) is 5.11 Å². The summed E-state index contributed by atoms with van der Waals surface area (Å²) in [6.07, 6.45) is 11.4. The Morgan fingerprint density at radius 1 is 0.786 bits per heavy atom. The van der Waals surface area contributed by atoms with Gasteiger partial charge in [0, 0.05) is 12.1 Å². The van der Waals surface area contributed by atoms with Crippen LogP contribution in [0.25, 0.3) is 0 Å². The van der Waals surface area contributed by atoms with Gasteiger partial charge in [-0.2, -0.15) is 0 Å². The van der Waals surface area contributed by atoms with Crippen molar-refractivity contribution >= 4 is 0 Å². The van der Waals surface area contributed by atoms with E-state index in [0.717, 1.165) is 6.42 Å². The number of aliphatic hydroxyl groups excluding tert-OH is 1. The Morgan fingerprint density at radius 3 is 2.14 bits per heavy atom. The van der Waals surface area contributed by atoms with Crippen molar-refractivity contribution in [2.75, 3.05) is 0 Å². The fraction of sp³-hybridized carbons (Fsp3) is 1.00. The van der Waals surface area contributed by atoms with E-state index >= 15 is 0 Å². The van der Waals surface area contributed by atoms with Gasteiger partial charge in [-0.25, -0.2) is 0 Å². The Morgan fingerprint density at radius 2 is 1.43 bits per heavy atom. The molecule has 2 nitrogen and oxygen atoms in total. The fourth-order valence-electron chi connectivity index (χ4n) is 2.88. The second-order valence-corrected chi connectivity index (χ2v) is 4.96. The summed E-state index contributed by atoms with van der Waals surface area (Å²) in [5.41, 5.74) is 0. The first-order valence-electron chi connectivity index (χ1n) is 6.30. The van der Waals surface area contributed by atoms with Crippen LogP contribution in [0.3, 0.4) is 0 Å². The normalized spacial score (nSPS) is 35.8. The first-order chi connectivity index (χ1) is 6.86. The van der Waals surface area contributed by atoms with Crippen LogP contribution in [0.15, 0.2) is 0 Å². The second kappa shape index (κ2) is 5.13. The van der Waals surface area contributed by atoms with Crippen molar-refractivity contribution in [3.63, 3.8) is 0 Å². The zero-order valence-corrected chi connectivity index (χ0v) is 9.04. The fourth-order valence-corrected chi connectivity index (χ4v) is 2.88. The molecule has 2 saturated carbocycles. The van der Waals surface area contributed by atoms with E-state index in [1.807, 2.05) is 0 Å². The predicted octanol–water partition coefficient (Wildman–Crippen LogP) is 2.21. The van der Waals surface area contributed by atoms with Gasteiger partial charge in [0.15, 0.2) is 0 Å². The minimum atomic E-state index is -0.0781. The van der Waals surface area contributed by atoms with Crippen LogP contribution in [-0.4, -0.2) is 23.3 Å². The molecule has 2 heteroatoms. The second-order valence-electron chi connectivity index (χ2n) is 4.96. The summed E-state index contributed by atoms with van der Waals surface area (Å²) in [5, 5.41) is 13.5. The zero-order chi connectivity index (χ0) is 9.80. The molecule has 2 N–H and O–H groups in total. The Labute approximate surface area is 87.1 Å². The van der Waals surface area contributed by atoms with Gasteiger partial charge in [-0.05, 0) is 25.7 Å². The highest BCUT2D eigenvalue weighted by Gasteiger charge is 2.25. The van der Waals surface area contributed by atoms with Crippen LogP contribution in [0.5, 0.6) is 0 Å². The molecule has 0 aromatic heterocycles. The molecule has 2 aliphatic carbocycles. The molecule has 2 unspecified atom stereocenters. The van der Waals surface area contributed by atoms with Gasteiger partial charge in [0.25, 0.3) is 0 Å². The lowest BCUT2D eigenvalue weighted by Crippen LogP contribution is -2.47. The van der Waals surface area contributed by atoms with Gasteiger partial charge in [0.2, 0.25) is 0 Å². The third kappa shape index (κ3) is 2.71. The zero-order valence-electron chi connectivity index (χ0n) is 9.04. The number of rotatable bonds is 2. The van der Waals surface area contributed by atoms with E-state index in [1.165, 1.54) is 51.4 Å². The van der Waals surface area contributed by atoms with E-state index < -0.39 is 0 Å². The van der Waals surface area contributed by atoms with E-state index in [0.29, 0.717) is 12.1 Å². The third-order valence-electron chi connectivity index (χ3n) is 3.78. The van der Waals surface area contributed by atoms with Crippen LogP contribution >= 0.6 is 0 Å². The third-order valence-corrected chi connectivity index (χ3v) is 3.78. The summed E-state index contributed by atoms with van der Waals surface area (Å²) in [4.78, 5) is 0. The summed E-state index contributed by atoms with van der Waals surface area (Å²) in [6.45, 7) is 0. The maximum absolute atomic E-state index is 9.84. The molecule has 82 valence electrons. The average Bonchev–Trinajstić information content (AvgIpc) is 2.23. The molecule has 0 heterocycles. The van der Waals surface area contributed by atoms with Crippen LogP contribution in [-0.2, 0) is 0 Å². The molecule has 0 spiro atoms. The van der Waals surface area contributed by atoms with Crippen LogP contribution in [0.2, 0.25) is 0 Å². The van der Waals surface area contributed by atoms with Crippen molar-refractivity contribution in [2.24, 2.45) is 0 Å². The molecule has 0 aromatic carbocycles. The van der Waals surface area contributed by atoms with Crippen molar-refractivity contribution in [1.29, 1.82) is 0 Å². The van der Waals surface area contributed by atoms with Crippen molar-refractivity contribution in [3.05, 3.63) is 0 Å². The lowest BCUT2D eigenvalue weighted by molar-refractivity contribution is 0.0816. The van der Waals surface area contributed by atoms with Gasteiger partial charge >= 0.3 is 0 Å². The summed E-state index contributed by atoms with van der Waals surface area (Å²) in [7, 11) is 0. The average molecular weight is 197 g/mol. The topological polar surface area (TPSA) is 32.3 Å². The summed E-state index contributed by atoms with van der Waals surface area (Å²) in [5.74, 6) is 0. The molecule has 0 aliphatic heterocycles. The largest absolute Gasteiger partial charge is 0.392 e. The molecule has 2 atom stereocenters. The maximum Gasteiger partial charge on any atom is 0.0693 e. The Balaban J connectivity index is 1.76. The Hall–Kier alpha value is -0.0800. The molecular formula is C12H23NO. The molecule has 14 heavy (non-hydrogen) atoms. The first kappa shape index (κ1) is 10.4.